The van der Waals surface area contributed by atoms with E-state index in [2.05, 4.69) is 38.8 Å². The van der Waals surface area contributed by atoms with Gasteiger partial charge in [-0.05, 0) is 158 Å². The standard InChI is InChI=1S/C30H43N3O5.C27H37N3O5.C26H33N3O7/c1-6-7-8-9-10-11-28(34)32-24-15-13-23(17-27(24)38-19-21(4)5)30(36)33-25-14-12-22(29(31)35)16-26(25)37-18-20(2)3;1-6-7-8-25(31)29-21-12-10-20(14-24(21)35-16-18(4)5)27(33)30-22-11-9-19(26(28)32)13-23(22)34-15-17(2)3;1-15(2)13-35-21-11-17(25(27)33)5-7-20(21)29-26(34)18-6-8-19(22(12-18)36-14-16(3)4)28-23(30)9-10-24(31)32/h12-17,20-21H,6-11,18-19H2,1-5H3,(H2,31,35)(H,32,34)(H,33,36);9-14,17-18H,6-8,15-16H2,1-5H3,(H2,28,32)(H,29,31)(H,30,33);5-8,11-12,15-16H,9-10,13-14H2,1-4H3,(H2,27,33)(H,28,30)(H,29,34)(H,31,32). The van der Waals surface area contributed by atoms with Crippen molar-refractivity contribution in [1.82, 2.24) is 0 Å². The molecule has 0 aliphatic rings. The van der Waals surface area contributed by atoms with E-state index in [9.17, 15) is 47.9 Å². The van der Waals surface area contributed by atoms with Gasteiger partial charge in [0.1, 0.15) is 34.5 Å². The van der Waals surface area contributed by atoms with Crippen molar-refractivity contribution in [3.05, 3.63) is 143 Å². The molecule has 0 bridgehead atoms. The first kappa shape index (κ1) is 90.2. The van der Waals surface area contributed by atoms with Gasteiger partial charge >= 0.3 is 5.97 Å². The van der Waals surface area contributed by atoms with Gasteiger partial charge < -0.3 is 82.6 Å². The molecule has 13 N–H and O–H groups in total. The fourth-order valence-electron chi connectivity index (χ4n) is 9.56. The van der Waals surface area contributed by atoms with Crippen LogP contribution in [-0.4, -0.2) is 104 Å². The van der Waals surface area contributed by atoms with Gasteiger partial charge in [0.2, 0.25) is 35.4 Å². The van der Waals surface area contributed by atoms with Crippen LogP contribution in [-0.2, 0) is 19.2 Å². The molecule has 0 atom stereocenters. The Morgan fingerprint density at radius 3 is 0.752 bits per heavy atom. The van der Waals surface area contributed by atoms with Crippen molar-refractivity contribution in [2.24, 2.45) is 52.7 Å². The number of hydrogen-bond acceptors (Lipinski definition) is 16. The number of benzene rings is 6. The Balaban J connectivity index is 0.000000346. The Morgan fingerprint density at radius 1 is 0.294 bits per heavy atom. The molecule has 0 fully saturated rings. The number of rotatable bonds is 42. The fraction of sp³-hybridized carbons (Fsp3) is 0.446. The first-order valence-corrected chi connectivity index (χ1v) is 37.2. The van der Waals surface area contributed by atoms with E-state index in [0.717, 1.165) is 38.5 Å². The maximum absolute atomic E-state index is 13.2. The van der Waals surface area contributed by atoms with E-state index in [1.165, 1.54) is 61.0 Å². The minimum absolute atomic E-state index is 0.0745. The van der Waals surface area contributed by atoms with Crippen LogP contribution >= 0.6 is 0 Å². The summed E-state index contributed by atoms with van der Waals surface area (Å²) in [6.45, 7) is 30.5. The average molecular weight is 1510 g/mol. The summed E-state index contributed by atoms with van der Waals surface area (Å²) in [6, 6.07) is 28.2. The SMILES string of the molecule is CC(C)COc1cc(C(=O)Nc2ccc(C(N)=O)cc2OCC(C)C)ccc1NC(=O)CCC(=O)O.CCCCC(=O)Nc1ccc(C(=O)Nc2ccc(C(N)=O)cc2OCC(C)C)cc1OCC(C)C.CCCCCCCC(=O)Nc1ccc(C(=O)Nc2ccc(C(N)=O)cc2OCC(C)C)cc1OCC(C)C. The van der Waals surface area contributed by atoms with Crippen molar-refractivity contribution in [1.29, 1.82) is 0 Å². The largest absolute Gasteiger partial charge is 0.491 e. The van der Waals surface area contributed by atoms with Gasteiger partial charge in [0, 0.05) is 52.6 Å². The first-order chi connectivity index (χ1) is 51.7. The lowest BCUT2D eigenvalue weighted by atomic mass is 10.1. The zero-order valence-corrected chi connectivity index (χ0v) is 65.6. The molecule has 592 valence electrons. The van der Waals surface area contributed by atoms with Crippen molar-refractivity contribution < 1.29 is 81.5 Å². The van der Waals surface area contributed by atoms with Crippen molar-refractivity contribution in [2.75, 3.05) is 71.5 Å². The highest BCUT2D eigenvalue weighted by atomic mass is 16.5. The van der Waals surface area contributed by atoms with E-state index in [1.807, 2.05) is 90.0 Å². The monoisotopic (exact) mass is 1510 g/mol. The summed E-state index contributed by atoms with van der Waals surface area (Å²) in [6.07, 6.45) is 7.42. The van der Waals surface area contributed by atoms with Gasteiger partial charge in [0.25, 0.3) is 17.7 Å². The predicted molar refractivity (Wildman–Crippen MR) is 426 cm³/mol. The van der Waals surface area contributed by atoms with Crippen LogP contribution in [0.25, 0.3) is 0 Å². The number of ether oxygens (including phenoxy) is 6. The van der Waals surface area contributed by atoms with Gasteiger partial charge in [-0.1, -0.05) is 129 Å². The highest BCUT2D eigenvalue weighted by Gasteiger charge is 2.22. The summed E-state index contributed by atoms with van der Waals surface area (Å²) in [4.78, 5) is 122. The molecular formula is C83H113N9O17. The van der Waals surface area contributed by atoms with Crippen LogP contribution in [0.2, 0.25) is 0 Å². The quantitative estimate of drug-likeness (QED) is 0.0159. The molecule has 0 aliphatic carbocycles. The second kappa shape index (κ2) is 46.8. The van der Waals surface area contributed by atoms with Crippen LogP contribution in [0.3, 0.4) is 0 Å². The summed E-state index contributed by atoms with van der Waals surface area (Å²) in [5.74, 6) is -1.14. The second-order valence-corrected chi connectivity index (χ2v) is 28.8. The van der Waals surface area contributed by atoms with E-state index in [-0.39, 0.29) is 100.0 Å². The predicted octanol–water partition coefficient (Wildman–Crippen LogP) is 15.6. The van der Waals surface area contributed by atoms with Gasteiger partial charge in [0.15, 0.2) is 0 Å². The van der Waals surface area contributed by atoms with E-state index < -0.39 is 35.5 Å². The van der Waals surface area contributed by atoms with Crippen molar-refractivity contribution in [2.45, 2.75) is 168 Å². The topological polar surface area (TPSA) is 397 Å². The van der Waals surface area contributed by atoms with E-state index >= 15 is 0 Å². The van der Waals surface area contributed by atoms with Gasteiger partial charge in [-0.15, -0.1) is 0 Å². The maximum Gasteiger partial charge on any atom is 0.303 e. The molecule has 0 saturated carbocycles. The van der Waals surface area contributed by atoms with E-state index in [0.29, 0.717) is 126 Å². The molecule has 0 aliphatic heterocycles. The smallest absolute Gasteiger partial charge is 0.303 e. The number of carboxylic acid groups (broad SMARTS) is 1. The molecule has 26 nitrogen and oxygen atoms in total. The Kier molecular flexibility index (Phi) is 38.7. The molecular weight excluding hydrogens is 1390 g/mol. The highest BCUT2D eigenvalue weighted by molar-refractivity contribution is 6.09. The maximum atomic E-state index is 13.2. The second-order valence-electron chi connectivity index (χ2n) is 28.8. The first-order valence-electron chi connectivity index (χ1n) is 37.2. The number of nitrogens with one attached hydrogen (secondary N) is 6. The van der Waals surface area contributed by atoms with E-state index in [4.69, 9.17) is 50.7 Å². The van der Waals surface area contributed by atoms with Gasteiger partial charge in [-0.3, -0.25) is 47.9 Å². The molecule has 6 rings (SSSR count). The Bertz CT molecular complexity index is 4040. The zero-order valence-electron chi connectivity index (χ0n) is 65.6. The lowest BCUT2D eigenvalue weighted by Crippen LogP contribution is -2.17. The Morgan fingerprint density at radius 2 is 0.514 bits per heavy atom. The van der Waals surface area contributed by atoms with Crippen molar-refractivity contribution in [3.8, 4) is 34.5 Å². The van der Waals surface area contributed by atoms with Gasteiger partial charge in [-0.2, -0.15) is 0 Å². The minimum Gasteiger partial charge on any atom is -0.491 e. The third-order valence-corrected chi connectivity index (χ3v) is 15.4. The molecule has 0 radical (unpaired) electrons. The molecule has 6 aromatic carbocycles. The Labute approximate surface area is 640 Å². The minimum atomic E-state index is -1.07. The number of amides is 9. The average Bonchev–Trinajstić information content (AvgIpc) is 0.835. The number of carboxylic acids is 1. The van der Waals surface area contributed by atoms with Crippen molar-refractivity contribution in [3.63, 3.8) is 0 Å². The lowest BCUT2D eigenvalue weighted by Gasteiger charge is -2.17. The summed E-state index contributed by atoms with van der Waals surface area (Å²) in [5.41, 5.74) is 20.6. The number of nitrogens with two attached hydrogens (primary N) is 3. The van der Waals surface area contributed by atoms with Crippen LogP contribution in [0.5, 0.6) is 34.5 Å². The third-order valence-electron chi connectivity index (χ3n) is 15.4. The molecule has 0 unspecified atom stereocenters. The van der Waals surface area contributed by atoms with E-state index in [1.54, 1.807) is 54.6 Å². The summed E-state index contributed by atoms with van der Waals surface area (Å²) < 4.78 is 35.1. The van der Waals surface area contributed by atoms with Crippen LogP contribution in [0.1, 0.15) is 230 Å². The summed E-state index contributed by atoms with van der Waals surface area (Å²) in [5, 5.41) is 25.7. The molecule has 109 heavy (non-hydrogen) atoms. The molecule has 9 amide bonds. The molecule has 0 spiro atoms. The molecule has 6 aromatic rings. The third kappa shape index (κ3) is 33.7. The molecule has 0 aromatic heterocycles. The number of anilines is 6. The molecule has 0 saturated heterocycles. The number of primary amides is 3. The highest BCUT2D eigenvalue weighted by Crippen LogP contribution is 2.35. The lowest BCUT2D eigenvalue weighted by molar-refractivity contribution is -0.138. The van der Waals surface area contributed by atoms with Crippen LogP contribution in [0.15, 0.2) is 109 Å². The molecule has 26 heteroatoms. The van der Waals surface area contributed by atoms with Crippen LogP contribution < -0.4 is 77.5 Å². The molecule has 0 heterocycles. The number of unbranched alkanes of at least 4 members (excludes halogenated alkanes) is 5. The number of carbonyl (C=O) groups is 10. The Hall–Kier alpha value is -11.2. The summed E-state index contributed by atoms with van der Waals surface area (Å²) in [7, 11) is 0. The number of hydrogen-bond donors (Lipinski definition) is 10. The number of aliphatic carboxylic acids is 1. The normalized spacial score (nSPS) is 10.8. The van der Waals surface area contributed by atoms with Gasteiger partial charge in [-0.25, -0.2) is 0 Å². The van der Waals surface area contributed by atoms with Crippen molar-refractivity contribution >= 4 is 93.3 Å². The zero-order chi connectivity index (χ0) is 80.9. The van der Waals surface area contributed by atoms with Crippen LogP contribution in [0.4, 0.5) is 34.1 Å². The fourth-order valence-corrected chi connectivity index (χ4v) is 9.56. The summed E-state index contributed by atoms with van der Waals surface area (Å²) >= 11 is 0. The van der Waals surface area contributed by atoms with Gasteiger partial charge in [0.05, 0.1) is 80.2 Å². The van der Waals surface area contributed by atoms with Crippen LogP contribution in [0, 0.1) is 35.5 Å². The number of carbonyl (C=O) groups excluding carboxylic acids is 9.